The van der Waals surface area contributed by atoms with Crippen molar-refractivity contribution in [3.05, 3.63) is 99.3 Å². The number of nitrogens with zero attached hydrogens (tertiary/aromatic N) is 2. The first-order valence-corrected chi connectivity index (χ1v) is 15.6. The normalized spacial score (nSPS) is 29.6. The number of benzene rings is 3. The maximum Gasteiger partial charge on any atom is 0.258 e. The highest BCUT2D eigenvalue weighted by molar-refractivity contribution is 6.58. The standard InChI is InChI=1S/C33H20Cl3F5N2O5/c1-12-6-7-13(10-18(12)34)42-28(45)16-9-8-14-17(20(16)29(42)46)11-32(35)30(47)43(27-25(40)23(38)22(37)24(39)26(27)41)31(48)33(32,36)21(14)15-4-2-3-5-19(15)44/h2-8,10,16-17,20-21,44H,9,11H2,1H3. The molecule has 0 bridgehead atoms. The molecule has 6 atom stereocenters. The largest absolute Gasteiger partial charge is 0.508 e. The third-order valence-electron chi connectivity index (χ3n) is 9.88. The Bertz CT molecular complexity index is 2030. The Morgan fingerprint density at radius 2 is 1.44 bits per heavy atom. The minimum Gasteiger partial charge on any atom is -0.508 e. The summed E-state index contributed by atoms with van der Waals surface area (Å²) in [5, 5.41) is 11.3. The summed E-state index contributed by atoms with van der Waals surface area (Å²) in [5.74, 6) is -22.1. The quantitative estimate of drug-likeness (QED) is 0.0800. The van der Waals surface area contributed by atoms with Crippen LogP contribution in [0.1, 0.15) is 29.9 Å². The van der Waals surface area contributed by atoms with Gasteiger partial charge in [0.1, 0.15) is 11.4 Å². The number of para-hydroxylation sites is 1. The van der Waals surface area contributed by atoms with Crippen LogP contribution in [0.5, 0.6) is 5.75 Å². The maximum absolute atomic E-state index is 15.1. The van der Waals surface area contributed by atoms with E-state index in [4.69, 9.17) is 34.8 Å². The summed E-state index contributed by atoms with van der Waals surface area (Å²) in [6, 6.07) is 10.1. The summed E-state index contributed by atoms with van der Waals surface area (Å²) < 4.78 is 73.0. The topological polar surface area (TPSA) is 95.0 Å². The number of aryl methyl sites for hydroxylation is 1. The van der Waals surface area contributed by atoms with Crippen molar-refractivity contribution in [3.63, 3.8) is 0 Å². The second-order valence-corrected chi connectivity index (χ2v) is 13.8. The number of carbonyl (C=O) groups is 4. The number of carbonyl (C=O) groups excluding carboxylic acids is 4. The smallest absolute Gasteiger partial charge is 0.258 e. The molecule has 2 aliphatic carbocycles. The van der Waals surface area contributed by atoms with Gasteiger partial charge >= 0.3 is 0 Å². The lowest BCUT2D eigenvalue weighted by Crippen LogP contribution is -2.60. The minimum atomic E-state index is -2.73. The predicted molar refractivity (Wildman–Crippen MR) is 163 cm³/mol. The van der Waals surface area contributed by atoms with E-state index in [0.29, 0.717) is 5.56 Å². The molecule has 1 N–H and O–H groups in total. The van der Waals surface area contributed by atoms with Crippen LogP contribution >= 0.6 is 34.8 Å². The Morgan fingerprint density at radius 1 is 0.812 bits per heavy atom. The van der Waals surface area contributed by atoms with Crippen LogP contribution in [-0.4, -0.2) is 38.5 Å². The van der Waals surface area contributed by atoms with Gasteiger partial charge in [0.15, 0.2) is 33.0 Å². The molecule has 2 heterocycles. The van der Waals surface area contributed by atoms with E-state index in [2.05, 4.69) is 0 Å². The lowest BCUT2D eigenvalue weighted by molar-refractivity contribution is -0.125. The molecule has 1 saturated carbocycles. The first-order chi connectivity index (χ1) is 22.6. The number of hydrogen-bond donors (Lipinski definition) is 1. The van der Waals surface area contributed by atoms with Crippen LogP contribution < -0.4 is 9.80 Å². The molecule has 3 aromatic rings. The number of phenols is 1. The monoisotopic (exact) mass is 724 g/mol. The summed E-state index contributed by atoms with van der Waals surface area (Å²) >= 11 is 20.4. The van der Waals surface area contributed by atoms with Crippen molar-refractivity contribution in [2.24, 2.45) is 17.8 Å². The van der Waals surface area contributed by atoms with E-state index in [-0.39, 0.29) is 33.2 Å². The van der Waals surface area contributed by atoms with Gasteiger partial charge in [0.25, 0.3) is 11.8 Å². The van der Waals surface area contributed by atoms with Gasteiger partial charge in [-0.15, -0.1) is 23.2 Å². The molecule has 0 spiro atoms. The Hall–Kier alpha value is -4.00. The number of rotatable bonds is 3. The van der Waals surface area contributed by atoms with Crippen LogP contribution in [0.25, 0.3) is 0 Å². The highest BCUT2D eigenvalue weighted by Crippen LogP contribution is 2.66. The number of fused-ring (bicyclic) bond motifs is 4. The zero-order chi connectivity index (χ0) is 34.8. The highest BCUT2D eigenvalue weighted by Gasteiger charge is 2.77. The van der Waals surface area contributed by atoms with Gasteiger partial charge in [-0.05, 0) is 49.4 Å². The van der Waals surface area contributed by atoms with Gasteiger partial charge in [-0.1, -0.05) is 47.5 Å². The van der Waals surface area contributed by atoms with Crippen molar-refractivity contribution in [1.82, 2.24) is 0 Å². The Morgan fingerprint density at radius 3 is 2.06 bits per heavy atom. The predicted octanol–water partition coefficient (Wildman–Crippen LogP) is 6.82. The zero-order valence-corrected chi connectivity index (χ0v) is 26.6. The molecule has 3 aromatic carbocycles. The summed E-state index contributed by atoms with van der Waals surface area (Å²) in [7, 11) is 0. The molecule has 0 radical (unpaired) electrons. The number of phenolic OH excluding ortho intramolecular Hbond substituents is 1. The van der Waals surface area contributed by atoms with Crippen LogP contribution in [0.4, 0.5) is 33.3 Å². The van der Waals surface area contributed by atoms with E-state index in [1.54, 1.807) is 19.1 Å². The van der Waals surface area contributed by atoms with Crippen molar-refractivity contribution in [2.45, 2.75) is 35.4 Å². The molecule has 2 saturated heterocycles. The van der Waals surface area contributed by atoms with Crippen LogP contribution in [0.3, 0.4) is 0 Å². The molecule has 6 unspecified atom stereocenters. The van der Waals surface area contributed by atoms with Crippen LogP contribution in [-0.2, 0) is 19.2 Å². The maximum atomic E-state index is 15.1. The van der Waals surface area contributed by atoms with Gasteiger partial charge in [-0.2, -0.15) is 0 Å². The zero-order valence-electron chi connectivity index (χ0n) is 24.3. The fourth-order valence-electron chi connectivity index (χ4n) is 7.62. The molecule has 7 rings (SSSR count). The van der Waals surface area contributed by atoms with Gasteiger partial charge < -0.3 is 5.11 Å². The van der Waals surface area contributed by atoms with E-state index in [9.17, 15) is 37.5 Å². The lowest BCUT2D eigenvalue weighted by Gasteiger charge is -2.50. The van der Waals surface area contributed by atoms with E-state index in [1.807, 2.05) is 0 Å². The molecule has 3 fully saturated rings. The van der Waals surface area contributed by atoms with Crippen LogP contribution in [0.15, 0.2) is 54.1 Å². The number of hydrogen-bond acceptors (Lipinski definition) is 5. The number of imide groups is 2. The first kappa shape index (κ1) is 32.5. The third kappa shape index (κ3) is 3.99. The molecule has 0 aromatic heterocycles. The second kappa shape index (κ2) is 10.8. The Kier molecular flexibility index (Phi) is 7.29. The molecular formula is C33H20Cl3F5N2O5. The number of alkyl halides is 2. The van der Waals surface area contributed by atoms with E-state index < -0.39 is 104 Å². The minimum absolute atomic E-state index is 0.0486. The van der Waals surface area contributed by atoms with Crippen molar-refractivity contribution in [3.8, 4) is 5.75 Å². The van der Waals surface area contributed by atoms with Gasteiger partial charge in [0, 0.05) is 16.5 Å². The Balaban J connectivity index is 1.43. The van der Waals surface area contributed by atoms with Crippen LogP contribution in [0.2, 0.25) is 5.02 Å². The molecule has 2 aliphatic heterocycles. The molecule has 48 heavy (non-hydrogen) atoms. The number of amides is 4. The second-order valence-electron chi connectivity index (χ2n) is 12.2. The molecule has 7 nitrogen and oxygen atoms in total. The third-order valence-corrected chi connectivity index (χ3v) is 11.7. The Labute approximate surface area is 283 Å². The van der Waals surface area contributed by atoms with E-state index in [1.165, 1.54) is 36.4 Å². The molecule has 15 heteroatoms. The number of aromatic hydroxyl groups is 1. The summed E-state index contributed by atoms with van der Waals surface area (Å²) in [6.45, 7) is 1.73. The van der Waals surface area contributed by atoms with Crippen molar-refractivity contribution >= 4 is 69.8 Å². The summed E-state index contributed by atoms with van der Waals surface area (Å²) in [4.78, 5) is 51.6. The molecular weight excluding hydrogens is 706 g/mol. The van der Waals surface area contributed by atoms with Crippen molar-refractivity contribution < 1.29 is 46.2 Å². The average molecular weight is 726 g/mol. The molecule has 248 valence electrons. The number of allylic oxidation sites excluding steroid dienone is 2. The van der Waals surface area contributed by atoms with Gasteiger partial charge in [0.2, 0.25) is 17.6 Å². The van der Waals surface area contributed by atoms with E-state index in [0.717, 1.165) is 4.90 Å². The summed E-state index contributed by atoms with van der Waals surface area (Å²) in [6.07, 6.45) is 0.833. The van der Waals surface area contributed by atoms with Gasteiger partial charge in [0.05, 0.1) is 17.5 Å². The lowest BCUT2D eigenvalue weighted by atomic mass is 9.56. The van der Waals surface area contributed by atoms with Gasteiger partial charge in [-0.25, -0.2) is 31.8 Å². The average Bonchev–Trinajstić information content (AvgIpc) is 3.39. The number of halogens is 8. The first-order valence-electron chi connectivity index (χ1n) is 14.5. The summed E-state index contributed by atoms with van der Waals surface area (Å²) in [5.41, 5.74) is -0.873. The number of anilines is 2. The molecule has 4 aliphatic rings. The fraction of sp³-hybridized carbons (Fsp3) is 0.273. The van der Waals surface area contributed by atoms with Gasteiger partial charge in [-0.3, -0.25) is 19.2 Å². The van der Waals surface area contributed by atoms with Crippen molar-refractivity contribution in [1.29, 1.82) is 0 Å². The van der Waals surface area contributed by atoms with E-state index >= 15 is 8.78 Å². The SMILES string of the molecule is Cc1ccc(N2C(=O)C3CC=C4C(CC5(Cl)C(=O)N(c6c(F)c(F)c(F)c(F)c6F)C(=O)C5(Cl)C4c4ccccc4O)C3C2=O)cc1Cl. The highest BCUT2D eigenvalue weighted by atomic mass is 35.5. The van der Waals surface area contributed by atoms with Crippen LogP contribution in [0, 0.1) is 53.8 Å². The van der Waals surface area contributed by atoms with Crippen molar-refractivity contribution in [2.75, 3.05) is 9.80 Å². The fourth-order valence-corrected chi connectivity index (χ4v) is 8.72. The molecule has 4 amide bonds.